The van der Waals surface area contributed by atoms with E-state index in [0.29, 0.717) is 19.4 Å². The summed E-state index contributed by atoms with van der Waals surface area (Å²) >= 11 is 0. The van der Waals surface area contributed by atoms with Gasteiger partial charge >= 0.3 is 0 Å². The Labute approximate surface area is 109 Å². The molecule has 0 bridgehead atoms. The Kier molecular flexibility index (Phi) is 6.87. The van der Waals surface area contributed by atoms with Crippen molar-refractivity contribution in [2.24, 2.45) is 0 Å². The number of amides is 1. The number of ether oxygens (including phenoxy) is 1. The molecule has 0 saturated heterocycles. The average molecular weight is 250 g/mol. The molecule has 2 N–H and O–H groups in total. The highest BCUT2D eigenvalue weighted by Crippen LogP contribution is 2.18. The van der Waals surface area contributed by atoms with Crippen molar-refractivity contribution in [3.63, 3.8) is 0 Å². The second kappa shape index (κ2) is 8.53. The van der Waals surface area contributed by atoms with Gasteiger partial charge in [-0.05, 0) is 24.6 Å². The molecule has 1 aromatic rings. The molecule has 0 aliphatic heterocycles. The number of para-hydroxylation sites is 1. The first kappa shape index (κ1) is 14.5. The Balaban J connectivity index is 2.29. The topological polar surface area (TPSA) is 50.4 Å². The van der Waals surface area contributed by atoms with Crippen LogP contribution in [0.15, 0.2) is 24.3 Å². The van der Waals surface area contributed by atoms with Gasteiger partial charge in [0.1, 0.15) is 5.75 Å². The van der Waals surface area contributed by atoms with Gasteiger partial charge < -0.3 is 15.4 Å². The predicted octanol–water partition coefficient (Wildman–Crippen LogP) is 1.35. The number of hydrogen-bond donors (Lipinski definition) is 2. The standard InChI is InChI=1S/C14H22N2O2/c1-3-15-10-11-16-14(17)9-8-12-6-4-5-7-13(12)18-2/h4-7,15H,3,8-11H2,1-2H3,(H,16,17). The van der Waals surface area contributed by atoms with Crippen LogP contribution in [0.1, 0.15) is 18.9 Å². The lowest BCUT2D eigenvalue weighted by molar-refractivity contribution is -0.121. The summed E-state index contributed by atoms with van der Waals surface area (Å²) in [5.41, 5.74) is 1.07. The van der Waals surface area contributed by atoms with E-state index >= 15 is 0 Å². The van der Waals surface area contributed by atoms with Crippen molar-refractivity contribution in [3.8, 4) is 5.75 Å². The van der Waals surface area contributed by atoms with E-state index in [0.717, 1.165) is 24.4 Å². The zero-order chi connectivity index (χ0) is 13.2. The molecule has 4 heteroatoms. The van der Waals surface area contributed by atoms with Crippen LogP contribution in [0.25, 0.3) is 0 Å². The highest BCUT2D eigenvalue weighted by molar-refractivity contribution is 5.76. The van der Waals surface area contributed by atoms with E-state index in [4.69, 9.17) is 4.74 Å². The predicted molar refractivity (Wildman–Crippen MR) is 72.9 cm³/mol. The number of likely N-dealkylation sites (N-methyl/N-ethyl adjacent to an activating group) is 1. The lowest BCUT2D eigenvalue weighted by Crippen LogP contribution is -2.31. The van der Waals surface area contributed by atoms with E-state index in [1.54, 1.807) is 7.11 Å². The first-order valence-corrected chi connectivity index (χ1v) is 6.37. The molecule has 1 amide bonds. The zero-order valence-electron chi connectivity index (χ0n) is 11.2. The Morgan fingerprint density at radius 3 is 2.78 bits per heavy atom. The maximum absolute atomic E-state index is 11.6. The van der Waals surface area contributed by atoms with Crippen LogP contribution in [0, 0.1) is 0 Å². The molecule has 0 atom stereocenters. The summed E-state index contributed by atoms with van der Waals surface area (Å²) in [6.45, 7) is 4.47. The lowest BCUT2D eigenvalue weighted by atomic mass is 10.1. The smallest absolute Gasteiger partial charge is 0.220 e. The van der Waals surface area contributed by atoms with Crippen molar-refractivity contribution in [2.75, 3.05) is 26.7 Å². The number of rotatable bonds is 8. The first-order chi connectivity index (χ1) is 8.77. The van der Waals surface area contributed by atoms with Crippen molar-refractivity contribution >= 4 is 5.91 Å². The van der Waals surface area contributed by atoms with Crippen LogP contribution in [-0.2, 0) is 11.2 Å². The van der Waals surface area contributed by atoms with E-state index in [-0.39, 0.29) is 5.91 Å². The highest BCUT2D eigenvalue weighted by atomic mass is 16.5. The van der Waals surface area contributed by atoms with Gasteiger partial charge in [-0.25, -0.2) is 0 Å². The number of methoxy groups -OCH3 is 1. The zero-order valence-corrected chi connectivity index (χ0v) is 11.2. The summed E-state index contributed by atoms with van der Waals surface area (Å²) in [5, 5.41) is 6.04. The van der Waals surface area contributed by atoms with Gasteiger partial charge in [0, 0.05) is 19.5 Å². The number of carbonyl (C=O) groups excluding carboxylic acids is 1. The van der Waals surface area contributed by atoms with Gasteiger partial charge in [-0.2, -0.15) is 0 Å². The molecular formula is C14H22N2O2. The fourth-order valence-corrected chi connectivity index (χ4v) is 1.71. The molecule has 0 saturated carbocycles. The van der Waals surface area contributed by atoms with Gasteiger partial charge in [-0.15, -0.1) is 0 Å². The number of nitrogens with one attached hydrogen (secondary N) is 2. The molecule has 0 radical (unpaired) electrons. The van der Waals surface area contributed by atoms with Gasteiger partial charge in [0.15, 0.2) is 0 Å². The van der Waals surface area contributed by atoms with Crippen LogP contribution in [0.4, 0.5) is 0 Å². The maximum Gasteiger partial charge on any atom is 0.220 e. The van der Waals surface area contributed by atoms with Crippen LogP contribution in [0.5, 0.6) is 5.75 Å². The molecular weight excluding hydrogens is 228 g/mol. The molecule has 1 aromatic carbocycles. The van der Waals surface area contributed by atoms with Crippen molar-refractivity contribution in [1.82, 2.24) is 10.6 Å². The van der Waals surface area contributed by atoms with E-state index < -0.39 is 0 Å². The highest BCUT2D eigenvalue weighted by Gasteiger charge is 2.05. The minimum Gasteiger partial charge on any atom is -0.496 e. The van der Waals surface area contributed by atoms with Gasteiger partial charge in [0.25, 0.3) is 0 Å². The summed E-state index contributed by atoms with van der Waals surface area (Å²) in [6.07, 6.45) is 1.20. The first-order valence-electron chi connectivity index (χ1n) is 6.37. The quantitative estimate of drug-likeness (QED) is 0.685. The van der Waals surface area contributed by atoms with Gasteiger partial charge in [-0.1, -0.05) is 25.1 Å². The van der Waals surface area contributed by atoms with Crippen LogP contribution in [0.2, 0.25) is 0 Å². The largest absolute Gasteiger partial charge is 0.496 e. The summed E-state index contributed by atoms with van der Waals surface area (Å²) in [7, 11) is 1.65. The Morgan fingerprint density at radius 1 is 1.28 bits per heavy atom. The summed E-state index contributed by atoms with van der Waals surface area (Å²) in [4.78, 5) is 11.6. The molecule has 0 unspecified atom stereocenters. The van der Waals surface area contributed by atoms with Crippen molar-refractivity contribution < 1.29 is 9.53 Å². The number of carbonyl (C=O) groups is 1. The molecule has 0 fully saturated rings. The molecule has 0 aromatic heterocycles. The third-order valence-corrected chi connectivity index (χ3v) is 2.69. The van der Waals surface area contributed by atoms with Gasteiger partial charge in [-0.3, -0.25) is 4.79 Å². The third kappa shape index (κ3) is 5.19. The molecule has 0 spiro atoms. The van der Waals surface area contributed by atoms with E-state index in [1.807, 2.05) is 31.2 Å². The minimum absolute atomic E-state index is 0.0822. The Morgan fingerprint density at radius 2 is 2.06 bits per heavy atom. The van der Waals surface area contributed by atoms with E-state index in [2.05, 4.69) is 10.6 Å². The van der Waals surface area contributed by atoms with Crippen molar-refractivity contribution in [2.45, 2.75) is 19.8 Å². The fourth-order valence-electron chi connectivity index (χ4n) is 1.71. The fraction of sp³-hybridized carbons (Fsp3) is 0.500. The Hall–Kier alpha value is -1.55. The SMILES string of the molecule is CCNCCNC(=O)CCc1ccccc1OC. The Bertz CT molecular complexity index is 367. The number of benzene rings is 1. The number of hydrogen-bond acceptors (Lipinski definition) is 3. The normalized spacial score (nSPS) is 10.1. The van der Waals surface area contributed by atoms with Gasteiger partial charge in [0.05, 0.1) is 7.11 Å². The minimum atomic E-state index is 0.0822. The van der Waals surface area contributed by atoms with Crippen LogP contribution in [-0.4, -0.2) is 32.7 Å². The molecule has 0 aliphatic rings. The van der Waals surface area contributed by atoms with Gasteiger partial charge in [0.2, 0.25) is 5.91 Å². The van der Waals surface area contributed by atoms with E-state index in [1.165, 1.54) is 0 Å². The monoisotopic (exact) mass is 250 g/mol. The molecule has 100 valence electrons. The molecule has 1 rings (SSSR count). The van der Waals surface area contributed by atoms with E-state index in [9.17, 15) is 4.79 Å². The number of aryl methyl sites for hydroxylation is 1. The summed E-state index contributed by atoms with van der Waals surface area (Å²) in [6, 6.07) is 7.79. The second-order valence-corrected chi connectivity index (χ2v) is 4.02. The maximum atomic E-state index is 11.6. The second-order valence-electron chi connectivity index (χ2n) is 4.02. The van der Waals surface area contributed by atoms with Crippen molar-refractivity contribution in [1.29, 1.82) is 0 Å². The third-order valence-electron chi connectivity index (χ3n) is 2.69. The van der Waals surface area contributed by atoms with Crippen LogP contribution < -0.4 is 15.4 Å². The molecule has 4 nitrogen and oxygen atoms in total. The van der Waals surface area contributed by atoms with Crippen LogP contribution >= 0.6 is 0 Å². The summed E-state index contributed by atoms with van der Waals surface area (Å²) in [5.74, 6) is 0.928. The molecule has 0 aliphatic carbocycles. The molecule has 0 heterocycles. The van der Waals surface area contributed by atoms with Crippen LogP contribution in [0.3, 0.4) is 0 Å². The lowest BCUT2D eigenvalue weighted by Gasteiger charge is -2.08. The average Bonchev–Trinajstić information content (AvgIpc) is 2.41. The van der Waals surface area contributed by atoms with Crippen molar-refractivity contribution in [3.05, 3.63) is 29.8 Å². The summed E-state index contributed by atoms with van der Waals surface area (Å²) < 4.78 is 5.25. The molecule has 18 heavy (non-hydrogen) atoms.